The van der Waals surface area contributed by atoms with Gasteiger partial charge in [0.1, 0.15) is 17.5 Å². The van der Waals surface area contributed by atoms with Crippen molar-refractivity contribution in [1.82, 2.24) is 10.4 Å². The summed E-state index contributed by atoms with van der Waals surface area (Å²) in [4.78, 5) is 3.68. The van der Waals surface area contributed by atoms with E-state index in [0.717, 1.165) is 12.3 Å². The van der Waals surface area contributed by atoms with Crippen LogP contribution in [0, 0.1) is 24.4 Å². The first kappa shape index (κ1) is 13.5. The monoisotopic (exact) mass is 267 g/mol. The summed E-state index contributed by atoms with van der Waals surface area (Å²) in [5.41, 5.74) is 3.15. The lowest BCUT2D eigenvalue weighted by atomic mass is 9.98. The van der Waals surface area contributed by atoms with Crippen LogP contribution < -0.4 is 11.3 Å². The molecule has 2 rings (SSSR count). The summed E-state index contributed by atoms with van der Waals surface area (Å²) < 4.78 is 40.2. The maximum atomic E-state index is 13.8. The molecule has 6 heteroatoms. The molecule has 0 radical (unpaired) electrons. The Morgan fingerprint density at radius 1 is 1.11 bits per heavy atom. The zero-order chi connectivity index (χ0) is 14.0. The maximum absolute atomic E-state index is 13.8. The number of hydrogen-bond donors (Lipinski definition) is 2. The molecule has 0 aliphatic rings. The van der Waals surface area contributed by atoms with Gasteiger partial charge in [-0.2, -0.15) is 0 Å². The molecule has 1 heterocycles. The van der Waals surface area contributed by atoms with Crippen molar-refractivity contribution < 1.29 is 13.2 Å². The summed E-state index contributed by atoms with van der Waals surface area (Å²) in [6, 6.07) is 2.50. The highest BCUT2D eigenvalue weighted by molar-refractivity contribution is 5.34. The summed E-state index contributed by atoms with van der Waals surface area (Å²) in [6.07, 6.45) is 2.40. The predicted molar refractivity (Wildman–Crippen MR) is 64.5 cm³/mol. The zero-order valence-electron chi connectivity index (χ0n) is 10.1. The molecular weight excluding hydrogens is 255 g/mol. The second kappa shape index (κ2) is 5.38. The lowest BCUT2D eigenvalue weighted by molar-refractivity contribution is 0.534. The van der Waals surface area contributed by atoms with Gasteiger partial charge in [0.2, 0.25) is 0 Å². The van der Waals surface area contributed by atoms with Crippen molar-refractivity contribution in [2.45, 2.75) is 13.0 Å². The molecule has 19 heavy (non-hydrogen) atoms. The lowest BCUT2D eigenvalue weighted by Crippen LogP contribution is -2.30. The molecule has 1 aromatic carbocycles. The van der Waals surface area contributed by atoms with E-state index in [4.69, 9.17) is 5.84 Å². The highest BCUT2D eigenvalue weighted by Crippen LogP contribution is 2.25. The van der Waals surface area contributed by atoms with Crippen LogP contribution in [0.4, 0.5) is 13.2 Å². The minimum Gasteiger partial charge on any atom is -0.271 e. The van der Waals surface area contributed by atoms with Gasteiger partial charge in [-0.1, -0.05) is 0 Å². The van der Waals surface area contributed by atoms with Crippen LogP contribution in [0.5, 0.6) is 0 Å². The molecule has 0 bridgehead atoms. The van der Waals surface area contributed by atoms with Crippen molar-refractivity contribution in [2.75, 3.05) is 0 Å². The molecule has 100 valence electrons. The summed E-state index contributed by atoms with van der Waals surface area (Å²) in [7, 11) is 0. The quantitative estimate of drug-likeness (QED) is 0.663. The van der Waals surface area contributed by atoms with E-state index in [9.17, 15) is 13.2 Å². The number of hydrogen-bond acceptors (Lipinski definition) is 3. The topological polar surface area (TPSA) is 50.9 Å². The van der Waals surface area contributed by atoms with Gasteiger partial charge in [-0.05, 0) is 30.2 Å². The molecule has 1 unspecified atom stereocenters. The van der Waals surface area contributed by atoms with Gasteiger partial charge in [0.05, 0.1) is 12.2 Å². The number of nitrogens with zero attached hydrogens (tertiary/aromatic N) is 1. The second-order valence-electron chi connectivity index (χ2n) is 4.16. The van der Waals surface area contributed by atoms with Crippen molar-refractivity contribution in [2.24, 2.45) is 5.84 Å². The number of benzene rings is 1. The highest BCUT2D eigenvalue weighted by atomic mass is 19.1. The van der Waals surface area contributed by atoms with Crippen molar-refractivity contribution >= 4 is 0 Å². The second-order valence-corrected chi connectivity index (χ2v) is 4.16. The molecule has 0 aliphatic carbocycles. The minimum absolute atomic E-state index is 0.133. The van der Waals surface area contributed by atoms with Gasteiger partial charge in [0, 0.05) is 17.8 Å². The smallest absolute Gasteiger partial charge is 0.141 e. The molecule has 0 fully saturated rings. The standard InChI is InChI=1S/C13H12F3N3/c1-7-2-10(12(16)4-11(7)15)13(19-17)8-3-9(14)6-18-5-8/h2-6,13,19H,17H2,1H3. The first-order chi connectivity index (χ1) is 9.02. The van der Waals surface area contributed by atoms with Crippen LogP contribution in [-0.2, 0) is 0 Å². The highest BCUT2D eigenvalue weighted by Gasteiger charge is 2.19. The van der Waals surface area contributed by atoms with Gasteiger partial charge in [-0.15, -0.1) is 0 Å². The van der Waals surface area contributed by atoms with Crippen LogP contribution in [0.1, 0.15) is 22.7 Å². The summed E-state index contributed by atoms with van der Waals surface area (Å²) >= 11 is 0. The van der Waals surface area contributed by atoms with Crippen LogP contribution in [0.2, 0.25) is 0 Å². The Hall–Kier alpha value is -1.92. The van der Waals surface area contributed by atoms with Crippen LogP contribution in [0.3, 0.4) is 0 Å². The largest absolute Gasteiger partial charge is 0.271 e. The molecule has 0 saturated carbocycles. The Kier molecular flexibility index (Phi) is 3.82. The Bertz CT molecular complexity index is 602. The Labute approximate surface area is 108 Å². The number of nitrogens with two attached hydrogens (primary N) is 1. The Morgan fingerprint density at radius 2 is 1.84 bits per heavy atom. The molecular formula is C13H12F3N3. The fourth-order valence-corrected chi connectivity index (χ4v) is 1.85. The van der Waals surface area contributed by atoms with E-state index in [1.165, 1.54) is 25.3 Å². The van der Waals surface area contributed by atoms with E-state index in [0.29, 0.717) is 5.56 Å². The molecule has 1 atom stereocenters. The predicted octanol–water partition coefficient (Wildman–Crippen LogP) is 2.36. The number of pyridine rings is 1. The average Bonchev–Trinajstić information content (AvgIpc) is 2.36. The number of hydrazine groups is 1. The summed E-state index contributed by atoms with van der Waals surface area (Å²) in [5.74, 6) is 3.43. The molecule has 0 amide bonds. The van der Waals surface area contributed by atoms with Crippen molar-refractivity contribution in [3.8, 4) is 0 Å². The van der Waals surface area contributed by atoms with Crippen molar-refractivity contribution in [3.05, 3.63) is 64.7 Å². The molecule has 0 spiro atoms. The molecule has 3 N–H and O–H groups in total. The van der Waals surface area contributed by atoms with E-state index >= 15 is 0 Å². The molecule has 0 aliphatic heterocycles. The van der Waals surface area contributed by atoms with Crippen molar-refractivity contribution in [1.29, 1.82) is 0 Å². The maximum Gasteiger partial charge on any atom is 0.141 e. The first-order valence-corrected chi connectivity index (χ1v) is 5.55. The first-order valence-electron chi connectivity index (χ1n) is 5.55. The van der Waals surface area contributed by atoms with Gasteiger partial charge in [0.25, 0.3) is 0 Å². The molecule has 2 aromatic rings. The van der Waals surface area contributed by atoms with Gasteiger partial charge in [-0.25, -0.2) is 18.6 Å². The van der Waals surface area contributed by atoms with Gasteiger partial charge >= 0.3 is 0 Å². The van der Waals surface area contributed by atoms with Crippen LogP contribution in [0.25, 0.3) is 0 Å². The number of aromatic nitrogens is 1. The molecule has 1 aromatic heterocycles. The third kappa shape index (κ3) is 2.74. The third-order valence-electron chi connectivity index (χ3n) is 2.81. The third-order valence-corrected chi connectivity index (χ3v) is 2.81. The Balaban J connectivity index is 2.51. The number of rotatable bonds is 3. The van der Waals surface area contributed by atoms with Gasteiger partial charge in [-0.3, -0.25) is 10.8 Å². The molecule has 3 nitrogen and oxygen atoms in total. The average molecular weight is 267 g/mol. The minimum atomic E-state index is -0.803. The number of halogens is 3. The van der Waals surface area contributed by atoms with E-state index in [1.807, 2.05) is 0 Å². The van der Waals surface area contributed by atoms with Crippen LogP contribution in [0.15, 0.2) is 30.6 Å². The van der Waals surface area contributed by atoms with E-state index in [2.05, 4.69) is 10.4 Å². The van der Waals surface area contributed by atoms with Crippen LogP contribution >= 0.6 is 0 Å². The lowest BCUT2D eigenvalue weighted by Gasteiger charge is -2.18. The van der Waals surface area contributed by atoms with E-state index in [-0.39, 0.29) is 11.1 Å². The van der Waals surface area contributed by atoms with E-state index < -0.39 is 23.5 Å². The zero-order valence-corrected chi connectivity index (χ0v) is 10.1. The van der Waals surface area contributed by atoms with E-state index in [1.54, 1.807) is 0 Å². The number of aryl methyl sites for hydroxylation is 1. The number of nitrogens with one attached hydrogen (secondary N) is 1. The van der Waals surface area contributed by atoms with Crippen molar-refractivity contribution in [3.63, 3.8) is 0 Å². The summed E-state index contributed by atoms with van der Waals surface area (Å²) in [6.45, 7) is 1.51. The summed E-state index contributed by atoms with van der Waals surface area (Å²) in [5, 5.41) is 0. The SMILES string of the molecule is Cc1cc(C(NN)c2cncc(F)c2)c(F)cc1F. The Morgan fingerprint density at radius 3 is 2.47 bits per heavy atom. The normalized spacial score (nSPS) is 12.5. The van der Waals surface area contributed by atoms with Gasteiger partial charge < -0.3 is 0 Å². The molecule has 0 saturated heterocycles. The fourth-order valence-electron chi connectivity index (χ4n) is 1.85. The van der Waals surface area contributed by atoms with Gasteiger partial charge in [0.15, 0.2) is 0 Å². The fraction of sp³-hybridized carbons (Fsp3) is 0.154. The van der Waals surface area contributed by atoms with Crippen LogP contribution in [-0.4, -0.2) is 4.98 Å².